The maximum absolute atomic E-state index is 9.98. The summed E-state index contributed by atoms with van der Waals surface area (Å²) in [6, 6.07) is 0. The summed E-state index contributed by atoms with van der Waals surface area (Å²) in [5.74, 6) is 0.894. The molecule has 0 aromatic rings. The molecule has 29 heavy (non-hydrogen) atoms. The number of rotatable bonds is 10. The standard InChI is InChI=1S/C8H17Cl2N3.C5H8O2.ClH2O4.Co.HNO2/c9-1-6-13(7-2-10)8-5-12-4-3-11;1-4(6)3-5(2)7;2-1(3,4)5;;2-1-3/h11H,1-8H2;3,6H,1-2H3;2-3H;;(H,2,3)/q-2;;-1;+3;/p-2/b;4-3-;;;. The van der Waals surface area contributed by atoms with Gasteiger partial charge in [0.2, 0.25) is 0 Å². The molecule has 0 aromatic carbocycles. The van der Waals surface area contributed by atoms with Gasteiger partial charge in [-0.05, 0) is 19.5 Å². The summed E-state index contributed by atoms with van der Waals surface area (Å²) in [7, 11) is -4.44. The second-order valence-corrected chi connectivity index (χ2v) is 6.08. The molecule has 0 aliphatic carbocycles. The predicted molar refractivity (Wildman–Crippen MR) is 98.2 cm³/mol. The van der Waals surface area contributed by atoms with Crippen LogP contribution in [0.3, 0.4) is 0 Å². The minimum atomic E-state index is -4.44. The molecule has 0 fully saturated rings. The number of ketones is 1. The van der Waals surface area contributed by atoms with Gasteiger partial charge in [-0.1, -0.05) is 6.92 Å². The molecule has 3 N–H and O–H groups in total. The number of carbonyl (C=O) groups excluding carboxylic acids is 1. The summed E-state index contributed by atoms with van der Waals surface area (Å²) >= 11 is 11.3. The minimum absolute atomic E-state index is 0. The van der Waals surface area contributed by atoms with Crippen LogP contribution in [0.25, 0.3) is 11.1 Å². The molecular weight excluding hydrogens is 505 g/mol. The Bertz CT molecular complexity index is 378. The molecule has 0 aromatic heterocycles. The molecule has 0 aliphatic rings. The summed E-state index contributed by atoms with van der Waals surface area (Å²) in [6.07, 6.45) is 1.06. The van der Waals surface area contributed by atoms with E-state index in [4.69, 9.17) is 57.7 Å². The first kappa shape index (κ1) is 39.2. The predicted octanol–water partition coefficient (Wildman–Crippen LogP) is -1.21. The third-order valence-electron chi connectivity index (χ3n) is 2.05. The van der Waals surface area contributed by atoms with Crippen molar-refractivity contribution in [1.82, 2.24) is 4.90 Å². The second-order valence-electron chi connectivity index (χ2n) is 4.50. The maximum atomic E-state index is 9.98. The zero-order chi connectivity index (χ0) is 23.0. The van der Waals surface area contributed by atoms with Crippen molar-refractivity contribution in [3.8, 4) is 0 Å². The third-order valence-corrected chi connectivity index (χ3v) is 2.39. The first-order valence-corrected chi connectivity index (χ1v) is 9.83. The van der Waals surface area contributed by atoms with E-state index in [1.807, 2.05) is 0 Å². The van der Waals surface area contributed by atoms with Gasteiger partial charge in [0.1, 0.15) is 0 Å². The summed E-state index contributed by atoms with van der Waals surface area (Å²) in [6.45, 7) is 7.13. The van der Waals surface area contributed by atoms with Crippen LogP contribution >= 0.6 is 23.2 Å². The van der Waals surface area contributed by atoms with Crippen LogP contribution in [0.15, 0.2) is 17.2 Å². The quantitative estimate of drug-likeness (QED) is 0.0860. The van der Waals surface area contributed by atoms with Crippen LogP contribution in [0.1, 0.15) is 13.8 Å². The summed E-state index contributed by atoms with van der Waals surface area (Å²) in [5, 5.41) is 23.2. The van der Waals surface area contributed by atoms with E-state index in [2.05, 4.69) is 10.2 Å². The number of nitrogens with zero attached hydrogens (tertiary/aromatic N) is 3. The number of alkyl halides is 2. The molecule has 0 amide bonds. The summed E-state index contributed by atoms with van der Waals surface area (Å²) in [5.41, 5.74) is 6.90. The number of hydrogen-bond donors (Lipinski definition) is 2. The molecule has 16 heteroatoms. The normalized spacial score (nSPS) is 10.8. The molecule has 0 bridgehead atoms. The van der Waals surface area contributed by atoms with Gasteiger partial charge in [-0.15, -0.1) is 40.8 Å². The van der Waals surface area contributed by atoms with E-state index in [9.17, 15) is 9.90 Å². The summed E-state index contributed by atoms with van der Waals surface area (Å²) in [4.78, 5) is 20.2. The molecule has 0 aliphatic heterocycles. The molecule has 0 saturated carbocycles. The Morgan fingerprint density at radius 2 is 1.55 bits per heavy atom. The third kappa shape index (κ3) is 74.2. The van der Waals surface area contributed by atoms with Crippen LogP contribution in [-0.2, 0) is 21.6 Å². The van der Waals surface area contributed by atoms with Crippen LogP contribution < -0.4 is 14.4 Å². The molecule has 0 saturated heterocycles. The van der Waals surface area contributed by atoms with E-state index in [0.29, 0.717) is 24.8 Å². The van der Waals surface area contributed by atoms with Crippen molar-refractivity contribution < 1.29 is 55.6 Å². The Morgan fingerprint density at radius 1 is 1.17 bits per heavy atom. The Hall–Kier alpha value is -0.294. The van der Waals surface area contributed by atoms with E-state index < -0.39 is 10.2 Å². The molecule has 0 unspecified atom stereocenters. The second kappa shape index (κ2) is 29.9. The van der Waals surface area contributed by atoms with Crippen molar-refractivity contribution in [2.75, 3.05) is 51.0 Å². The van der Waals surface area contributed by atoms with E-state index in [-0.39, 0.29) is 28.3 Å². The SMILES string of the molecule is CC(=O)/C=C(/C)[O-].O=N[O-].[Co+3].[NH-]CC[N-]CCN(CCCl)CCCl.[O-][Cl+]([O-])(O)O. The molecule has 12 nitrogen and oxygen atoms in total. The van der Waals surface area contributed by atoms with Crippen molar-refractivity contribution in [2.45, 2.75) is 13.8 Å². The van der Waals surface area contributed by atoms with Gasteiger partial charge < -0.3 is 31.2 Å². The number of nitrogens with one attached hydrogen (secondary N) is 1. The fraction of sp³-hybridized carbons (Fsp3) is 0.769. The first-order chi connectivity index (χ1) is 12.9. The Balaban J connectivity index is -0.000000101. The fourth-order valence-electron chi connectivity index (χ4n) is 1.26. The van der Waals surface area contributed by atoms with Gasteiger partial charge in [0, 0.05) is 24.8 Å². The summed E-state index contributed by atoms with van der Waals surface area (Å²) < 4.78 is 31.5. The molecule has 0 rings (SSSR count). The van der Waals surface area contributed by atoms with Crippen molar-refractivity contribution in [3.05, 3.63) is 33.0 Å². The van der Waals surface area contributed by atoms with Crippen molar-refractivity contribution >= 4 is 29.0 Å². The Labute approximate surface area is 192 Å². The van der Waals surface area contributed by atoms with E-state index in [0.717, 1.165) is 37.6 Å². The molecule has 0 radical (unpaired) electrons. The van der Waals surface area contributed by atoms with E-state index >= 15 is 0 Å². The van der Waals surface area contributed by atoms with Crippen molar-refractivity contribution in [1.29, 1.82) is 0 Å². The van der Waals surface area contributed by atoms with Crippen LogP contribution in [0.4, 0.5) is 0 Å². The van der Waals surface area contributed by atoms with E-state index in [1.165, 1.54) is 13.8 Å². The zero-order valence-electron chi connectivity index (χ0n) is 15.9. The van der Waals surface area contributed by atoms with Crippen LogP contribution in [0, 0.1) is 20.4 Å². The number of halogens is 3. The van der Waals surface area contributed by atoms with Gasteiger partial charge in [-0.25, -0.2) is 0 Å². The average Bonchev–Trinajstić information content (AvgIpc) is 2.50. The van der Waals surface area contributed by atoms with Crippen molar-refractivity contribution in [2.24, 2.45) is 5.34 Å². The van der Waals surface area contributed by atoms with Crippen molar-refractivity contribution in [3.63, 3.8) is 0 Å². The topological polar surface area (TPSA) is 220 Å². The van der Waals surface area contributed by atoms with Crippen LogP contribution in [0.2, 0.25) is 0 Å². The Kier molecular flexibility index (Phi) is 40.4. The van der Waals surface area contributed by atoms with E-state index in [1.54, 1.807) is 0 Å². The molecule has 178 valence electrons. The van der Waals surface area contributed by atoms with Gasteiger partial charge >= 0.3 is 45.7 Å². The molecular formula is C13H26Cl3CoN4O8-2. The monoisotopic (exact) mass is 530 g/mol. The average molecular weight is 532 g/mol. The van der Waals surface area contributed by atoms with Gasteiger partial charge in [-0.3, -0.25) is 4.79 Å². The van der Waals surface area contributed by atoms with Gasteiger partial charge in [-0.2, -0.15) is 13.1 Å². The number of hydrogen-bond acceptors (Lipinski definition) is 10. The van der Waals surface area contributed by atoms with Crippen LogP contribution in [-0.4, -0.2) is 71.0 Å². The first-order valence-electron chi connectivity index (χ1n) is 7.47. The molecule has 0 spiro atoms. The fourth-order valence-corrected chi connectivity index (χ4v) is 1.74. The Morgan fingerprint density at radius 3 is 1.76 bits per heavy atom. The van der Waals surface area contributed by atoms with Gasteiger partial charge in [0.05, 0.1) is 0 Å². The van der Waals surface area contributed by atoms with Gasteiger partial charge in [0.15, 0.2) is 5.78 Å². The van der Waals surface area contributed by atoms with Gasteiger partial charge in [0.25, 0.3) is 0 Å². The molecule has 0 heterocycles. The molecule has 0 atom stereocenters. The zero-order valence-corrected chi connectivity index (χ0v) is 19.2. The van der Waals surface area contributed by atoms with Crippen LogP contribution in [0.5, 0.6) is 0 Å². The number of allylic oxidation sites excluding steroid dienone is 2. The number of carbonyl (C=O) groups is 1.